The van der Waals surface area contributed by atoms with Crippen molar-refractivity contribution in [3.8, 4) is 0 Å². The maximum absolute atomic E-state index is 10.5. The van der Waals surface area contributed by atoms with E-state index in [4.69, 9.17) is 5.11 Å². The molecule has 80 valence electrons. The smallest absolute Gasteiger partial charge is 0.311 e. The molecule has 1 N–H and O–H groups in total. The Morgan fingerprint density at radius 3 is 2.93 bits per heavy atom. The summed E-state index contributed by atoms with van der Waals surface area (Å²) in [7, 11) is 0. The van der Waals surface area contributed by atoms with Gasteiger partial charge in [0.05, 0.1) is 0 Å². The third-order valence-electron chi connectivity index (χ3n) is 2.67. The second-order valence-electron chi connectivity index (χ2n) is 3.89. The monoisotopic (exact) mass is 206 g/mol. The minimum atomic E-state index is -0.872. The van der Waals surface area contributed by atoms with Gasteiger partial charge in [0.15, 0.2) is 0 Å². The fraction of sp³-hybridized carbons (Fsp3) is 0.545. The molecule has 4 heteroatoms. The molecule has 0 amide bonds. The number of carbonyl (C=O) groups is 1. The van der Waals surface area contributed by atoms with E-state index in [1.165, 1.54) is 18.4 Å². The molecule has 0 aliphatic heterocycles. The van der Waals surface area contributed by atoms with Gasteiger partial charge in [-0.15, -0.1) is 0 Å². The first kappa shape index (κ1) is 10.1. The number of fused-ring (bicyclic) bond motifs is 1. The first-order valence-electron chi connectivity index (χ1n) is 5.31. The number of aliphatic carboxylic acids is 1. The fourth-order valence-corrected chi connectivity index (χ4v) is 1.91. The Balaban J connectivity index is 2.23. The van der Waals surface area contributed by atoms with Crippen LogP contribution in [0.3, 0.4) is 0 Å². The average molecular weight is 206 g/mol. The van der Waals surface area contributed by atoms with Gasteiger partial charge in [0, 0.05) is 11.9 Å². The molecule has 0 radical (unpaired) electrons. The predicted octanol–water partition coefficient (Wildman–Crippen LogP) is 1.37. The molecule has 0 unspecified atom stereocenters. The van der Waals surface area contributed by atoms with Crippen LogP contribution >= 0.6 is 0 Å². The van der Waals surface area contributed by atoms with E-state index < -0.39 is 5.97 Å². The summed E-state index contributed by atoms with van der Waals surface area (Å²) in [6.07, 6.45) is 7.28. The van der Waals surface area contributed by atoms with Crippen LogP contribution in [0.15, 0.2) is 6.20 Å². The molecule has 15 heavy (non-hydrogen) atoms. The summed E-state index contributed by atoms with van der Waals surface area (Å²) in [6.45, 7) is 0. The van der Waals surface area contributed by atoms with E-state index in [2.05, 4.69) is 9.97 Å². The number of nitrogens with zero attached hydrogens (tertiary/aromatic N) is 2. The van der Waals surface area contributed by atoms with Crippen LogP contribution in [0.5, 0.6) is 0 Å². The third-order valence-corrected chi connectivity index (χ3v) is 2.67. The second kappa shape index (κ2) is 4.38. The van der Waals surface area contributed by atoms with Crippen LogP contribution in [0.25, 0.3) is 0 Å². The lowest BCUT2D eigenvalue weighted by molar-refractivity contribution is -0.136. The summed E-state index contributed by atoms with van der Waals surface area (Å²) in [5.41, 5.74) is 2.25. The summed E-state index contributed by atoms with van der Waals surface area (Å²) < 4.78 is 0. The zero-order valence-electron chi connectivity index (χ0n) is 8.57. The van der Waals surface area contributed by atoms with Crippen LogP contribution in [0.4, 0.5) is 0 Å². The quantitative estimate of drug-likeness (QED) is 0.742. The molecule has 0 fully saturated rings. The van der Waals surface area contributed by atoms with Crippen molar-refractivity contribution in [1.82, 2.24) is 9.97 Å². The van der Waals surface area contributed by atoms with Crippen LogP contribution in [0.2, 0.25) is 0 Å². The maximum Gasteiger partial charge on any atom is 0.311 e. The van der Waals surface area contributed by atoms with E-state index in [9.17, 15) is 4.79 Å². The highest BCUT2D eigenvalue weighted by molar-refractivity contribution is 5.68. The molecule has 0 saturated heterocycles. The number of hydrogen-bond acceptors (Lipinski definition) is 3. The molecule has 2 rings (SSSR count). The average Bonchev–Trinajstić information content (AvgIpc) is 2.41. The van der Waals surface area contributed by atoms with E-state index >= 15 is 0 Å². The van der Waals surface area contributed by atoms with Gasteiger partial charge in [-0.2, -0.15) is 0 Å². The molecule has 0 atom stereocenters. The first-order chi connectivity index (χ1) is 7.25. The van der Waals surface area contributed by atoms with Gasteiger partial charge in [-0.3, -0.25) is 4.79 Å². The number of hydrogen-bond donors (Lipinski definition) is 1. The highest BCUT2D eigenvalue weighted by Crippen LogP contribution is 2.18. The molecule has 0 bridgehead atoms. The Morgan fingerprint density at radius 2 is 2.13 bits per heavy atom. The van der Waals surface area contributed by atoms with Gasteiger partial charge in [-0.1, -0.05) is 6.42 Å². The van der Waals surface area contributed by atoms with E-state index in [-0.39, 0.29) is 6.42 Å². The Hall–Kier alpha value is -1.45. The van der Waals surface area contributed by atoms with Crippen LogP contribution in [-0.2, 0) is 24.1 Å². The zero-order valence-corrected chi connectivity index (χ0v) is 8.57. The molecule has 0 aromatic carbocycles. The molecule has 1 heterocycles. The summed E-state index contributed by atoms with van der Waals surface area (Å²) in [4.78, 5) is 18.9. The molecular formula is C11H14N2O2. The normalized spacial score (nSPS) is 15.5. The van der Waals surface area contributed by atoms with Gasteiger partial charge in [0.1, 0.15) is 12.2 Å². The van der Waals surface area contributed by atoms with Gasteiger partial charge in [0.2, 0.25) is 0 Å². The van der Waals surface area contributed by atoms with E-state index in [0.29, 0.717) is 5.82 Å². The van der Waals surface area contributed by atoms with E-state index in [0.717, 1.165) is 25.0 Å². The van der Waals surface area contributed by atoms with Crippen LogP contribution in [0.1, 0.15) is 36.3 Å². The van der Waals surface area contributed by atoms with E-state index in [1.54, 1.807) is 6.20 Å². The number of carboxylic acids is 1. The standard InChI is InChI=1S/C11H14N2O2/c14-11(15)6-10-12-7-8-4-2-1-3-5-9(8)13-10/h7H,1-6H2,(H,14,15). The highest BCUT2D eigenvalue weighted by Gasteiger charge is 2.12. The van der Waals surface area contributed by atoms with Gasteiger partial charge < -0.3 is 5.11 Å². The Bertz CT molecular complexity index is 377. The molecular weight excluding hydrogens is 192 g/mol. The largest absolute Gasteiger partial charge is 0.481 e. The van der Waals surface area contributed by atoms with Gasteiger partial charge in [0.25, 0.3) is 0 Å². The number of aromatic nitrogens is 2. The lowest BCUT2D eigenvalue weighted by Crippen LogP contribution is -2.08. The summed E-state index contributed by atoms with van der Waals surface area (Å²) in [5.74, 6) is -0.438. The highest BCUT2D eigenvalue weighted by atomic mass is 16.4. The minimum Gasteiger partial charge on any atom is -0.481 e. The Kier molecular flexibility index (Phi) is 2.94. The van der Waals surface area contributed by atoms with Crippen molar-refractivity contribution in [3.63, 3.8) is 0 Å². The van der Waals surface area contributed by atoms with Crippen molar-refractivity contribution < 1.29 is 9.90 Å². The SMILES string of the molecule is O=C(O)Cc1ncc2c(n1)CCCCC2. The number of aryl methyl sites for hydroxylation is 2. The van der Waals surface area contributed by atoms with Crippen molar-refractivity contribution in [1.29, 1.82) is 0 Å². The molecule has 1 aromatic rings. The molecule has 1 aliphatic carbocycles. The maximum atomic E-state index is 10.5. The van der Waals surface area contributed by atoms with Crippen molar-refractivity contribution in [3.05, 3.63) is 23.3 Å². The topological polar surface area (TPSA) is 63.1 Å². The van der Waals surface area contributed by atoms with Gasteiger partial charge in [-0.05, 0) is 31.2 Å². The third kappa shape index (κ3) is 2.52. The lowest BCUT2D eigenvalue weighted by Gasteiger charge is -2.05. The Morgan fingerprint density at radius 1 is 1.33 bits per heavy atom. The molecule has 1 aromatic heterocycles. The van der Waals surface area contributed by atoms with Crippen molar-refractivity contribution in [2.24, 2.45) is 0 Å². The van der Waals surface area contributed by atoms with Crippen LogP contribution in [-0.4, -0.2) is 21.0 Å². The fourth-order valence-electron chi connectivity index (χ4n) is 1.91. The number of carboxylic acid groups (broad SMARTS) is 1. The van der Waals surface area contributed by atoms with Gasteiger partial charge >= 0.3 is 5.97 Å². The van der Waals surface area contributed by atoms with Crippen molar-refractivity contribution in [2.75, 3.05) is 0 Å². The molecule has 4 nitrogen and oxygen atoms in total. The number of rotatable bonds is 2. The Labute approximate surface area is 88.4 Å². The lowest BCUT2D eigenvalue weighted by atomic mass is 10.1. The van der Waals surface area contributed by atoms with Crippen molar-refractivity contribution >= 4 is 5.97 Å². The predicted molar refractivity (Wildman–Crippen MR) is 54.6 cm³/mol. The van der Waals surface area contributed by atoms with E-state index in [1.807, 2.05) is 0 Å². The summed E-state index contributed by atoms with van der Waals surface area (Å²) in [6, 6.07) is 0. The van der Waals surface area contributed by atoms with Crippen LogP contribution in [0, 0.1) is 0 Å². The first-order valence-corrected chi connectivity index (χ1v) is 5.31. The van der Waals surface area contributed by atoms with Gasteiger partial charge in [-0.25, -0.2) is 9.97 Å². The molecule has 0 saturated carbocycles. The molecule has 0 spiro atoms. The second-order valence-corrected chi connectivity index (χ2v) is 3.89. The zero-order chi connectivity index (χ0) is 10.7. The molecule has 1 aliphatic rings. The minimum absolute atomic E-state index is 0.0761. The van der Waals surface area contributed by atoms with Crippen molar-refractivity contribution in [2.45, 2.75) is 38.5 Å². The summed E-state index contributed by atoms with van der Waals surface area (Å²) in [5, 5.41) is 8.65. The van der Waals surface area contributed by atoms with Crippen LogP contribution < -0.4 is 0 Å². The summed E-state index contributed by atoms with van der Waals surface area (Å²) >= 11 is 0.